The Kier molecular flexibility index (Phi) is 5.45. The lowest BCUT2D eigenvalue weighted by Gasteiger charge is -2.27. The number of imidazole rings is 1. The number of hydrogen-bond donors (Lipinski definition) is 0. The Labute approximate surface area is 116 Å². The number of methoxy groups -OCH3 is 1. The van der Waals surface area contributed by atoms with E-state index in [-0.39, 0.29) is 18.3 Å². The van der Waals surface area contributed by atoms with Crippen molar-refractivity contribution < 1.29 is 19.1 Å². The second-order valence-corrected chi connectivity index (χ2v) is 4.65. The summed E-state index contributed by atoms with van der Waals surface area (Å²) in [7, 11) is 1.57. The van der Waals surface area contributed by atoms with Crippen molar-refractivity contribution in [3.05, 3.63) is 22.5 Å². The zero-order valence-corrected chi connectivity index (χ0v) is 11.4. The maximum atomic E-state index is 10.8. The molecule has 1 aromatic heterocycles. The highest BCUT2D eigenvalue weighted by molar-refractivity contribution is 5.06. The van der Waals surface area contributed by atoms with Crippen molar-refractivity contribution in [1.82, 2.24) is 9.55 Å². The largest absolute Gasteiger partial charge is 0.434 e. The fourth-order valence-corrected chi connectivity index (χ4v) is 2.19. The standard InChI is InChI=1S/C12H19N3O5/c1-18-9-10(20-11-4-2-3-7-19-11)8-14-6-5-13-12(14)15(16)17/h5-6,10-11H,2-4,7-9H2,1H3. The van der Waals surface area contributed by atoms with Crippen LogP contribution in [0.15, 0.2) is 12.4 Å². The molecular weight excluding hydrogens is 266 g/mol. The molecule has 0 saturated carbocycles. The maximum Gasteiger partial charge on any atom is 0.434 e. The van der Waals surface area contributed by atoms with E-state index in [0.29, 0.717) is 19.8 Å². The summed E-state index contributed by atoms with van der Waals surface area (Å²) in [6.07, 6.45) is 5.34. The van der Waals surface area contributed by atoms with Crippen molar-refractivity contribution in [3.63, 3.8) is 0 Å². The van der Waals surface area contributed by atoms with Gasteiger partial charge in [-0.15, -0.1) is 0 Å². The molecule has 112 valence electrons. The highest BCUT2D eigenvalue weighted by Crippen LogP contribution is 2.17. The highest BCUT2D eigenvalue weighted by Gasteiger charge is 2.24. The molecule has 0 amide bonds. The summed E-state index contributed by atoms with van der Waals surface area (Å²) in [6.45, 7) is 1.34. The van der Waals surface area contributed by atoms with Crippen molar-refractivity contribution in [2.75, 3.05) is 20.3 Å². The second-order valence-electron chi connectivity index (χ2n) is 4.65. The molecule has 1 aliphatic rings. The van der Waals surface area contributed by atoms with Gasteiger partial charge in [0.1, 0.15) is 25.0 Å². The summed E-state index contributed by atoms with van der Waals surface area (Å²) in [5, 5.41) is 10.8. The summed E-state index contributed by atoms with van der Waals surface area (Å²) >= 11 is 0. The third-order valence-corrected chi connectivity index (χ3v) is 3.09. The third-order valence-electron chi connectivity index (χ3n) is 3.09. The molecule has 1 aromatic rings. The van der Waals surface area contributed by atoms with Crippen LogP contribution in [0.3, 0.4) is 0 Å². The van der Waals surface area contributed by atoms with Gasteiger partial charge in [-0.1, -0.05) is 4.98 Å². The van der Waals surface area contributed by atoms with Gasteiger partial charge in [-0.05, 0) is 24.2 Å². The van der Waals surface area contributed by atoms with Crippen LogP contribution >= 0.6 is 0 Å². The smallest absolute Gasteiger partial charge is 0.390 e. The second kappa shape index (κ2) is 7.32. The Morgan fingerprint density at radius 3 is 3.15 bits per heavy atom. The van der Waals surface area contributed by atoms with Gasteiger partial charge in [-0.25, -0.2) is 4.57 Å². The SMILES string of the molecule is COCC(Cn1ccnc1[N+](=O)[O-])OC1CCCCO1. The van der Waals surface area contributed by atoms with Gasteiger partial charge in [0, 0.05) is 13.7 Å². The van der Waals surface area contributed by atoms with E-state index in [1.54, 1.807) is 13.3 Å². The fraction of sp³-hybridized carbons (Fsp3) is 0.750. The molecule has 0 bridgehead atoms. The van der Waals surface area contributed by atoms with Crippen LogP contribution in [0.4, 0.5) is 5.95 Å². The minimum atomic E-state index is -0.513. The number of ether oxygens (including phenoxy) is 3. The predicted molar refractivity (Wildman–Crippen MR) is 69.2 cm³/mol. The number of hydrogen-bond acceptors (Lipinski definition) is 6. The van der Waals surface area contributed by atoms with E-state index in [0.717, 1.165) is 19.3 Å². The van der Waals surface area contributed by atoms with Crippen LogP contribution in [0.2, 0.25) is 0 Å². The molecule has 0 radical (unpaired) electrons. The van der Waals surface area contributed by atoms with Crippen LogP contribution in [0.1, 0.15) is 19.3 Å². The fourth-order valence-electron chi connectivity index (χ4n) is 2.19. The lowest BCUT2D eigenvalue weighted by molar-refractivity contribution is -0.397. The van der Waals surface area contributed by atoms with Crippen molar-refractivity contribution in [1.29, 1.82) is 0 Å². The molecule has 1 fully saturated rings. The Morgan fingerprint density at radius 1 is 1.65 bits per heavy atom. The number of nitro groups is 1. The third kappa shape index (κ3) is 3.99. The minimum absolute atomic E-state index is 0.195. The molecule has 2 unspecified atom stereocenters. The summed E-state index contributed by atoms with van der Waals surface area (Å²) in [4.78, 5) is 14.0. The molecule has 0 spiro atoms. The first kappa shape index (κ1) is 14.9. The topological polar surface area (TPSA) is 88.7 Å². The van der Waals surface area contributed by atoms with E-state index in [1.807, 2.05) is 0 Å². The average Bonchev–Trinajstić information content (AvgIpc) is 2.88. The van der Waals surface area contributed by atoms with Gasteiger partial charge in [0.2, 0.25) is 0 Å². The number of rotatable bonds is 7. The summed E-state index contributed by atoms with van der Waals surface area (Å²) < 4.78 is 17.9. The summed E-state index contributed by atoms with van der Waals surface area (Å²) in [5.41, 5.74) is 0. The number of nitrogens with zero attached hydrogens (tertiary/aromatic N) is 3. The molecule has 1 aliphatic heterocycles. The van der Waals surface area contributed by atoms with E-state index in [2.05, 4.69) is 4.98 Å². The minimum Gasteiger partial charge on any atom is -0.390 e. The normalized spacial score (nSPS) is 20.8. The zero-order chi connectivity index (χ0) is 14.4. The van der Waals surface area contributed by atoms with Crippen molar-refractivity contribution in [3.8, 4) is 0 Å². The Balaban J connectivity index is 1.97. The van der Waals surface area contributed by atoms with Gasteiger partial charge in [-0.3, -0.25) is 0 Å². The molecule has 0 aromatic carbocycles. The monoisotopic (exact) mass is 285 g/mol. The number of aromatic nitrogens is 2. The lowest BCUT2D eigenvalue weighted by atomic mass is 10.2. The van der Waals surface area contributed by atoms with Crippen molar-refractivity contribution in [2.24, 2.45) is 0 Å². The van der Waals surface area contributed by atoms with Gasteiger partial charge in [0.15, 0.2) is 6.29 Å². The average molecular weight is 285 g/mol. The molecule has 20 heavy (non-hydrogen) atoms. The molecule has 2 heterocycles. The van der Waals surface area contributed by atoms with Gasteiger partial charge in [-0.2, -0.15) is 0 Å². The maximum absolute atomic E-state index is 10.8. The van der Waals surface area contributed by atoms with Crippen LogP contribution in [-0.2, 0) is 20.8 Å². The van der Waals surface area contributed by atoms with Gasteiger partial charge < -0.3 is 24.3 Å². The first-order chi connectivity index (χ1) is 9.70. The molecule has 8 heteroatoms. The van der Waals surface area contributed by atoms with E-state index in [1.165, 1.54) is 10.8 Å². The summed E-state index contributed by atoms with van der Waals surface area (Å²) in [6, 6.07) is 0. The van der Waals surface area contributed by atoms with Crippen LogP contribution in [0, 0.1) is 10.1 Å². The summed E-state index contributed by atoms with van der Waals surface area (Å²) in [5.74, 6) is -0.195. The molecule has 2 rings (SSSR count). The Morgan fingerprint density at radius 2 is 2.50 bits per heavy atom. The highest BCUT2D eigenvalue weighted by atomic mass is 16.7. The van der Waals surface area contributed by atoms with Crippen LogP contribution in [0.5, 0.6) is 0 Å². The molecule has 1 saturated heterocycles. The Hall–Kier alpha value is -1.51. The van der Waals surface area contributed by atoms with Gasteiger partial charge in [0.25, 0.3) is 0 Å². The molecule has 0 aliphatic carbocycles. The van der Waals surface area contributed by atoms with E-state index in [4.69, 9.17) is 14.2 Å². The predicted octanol–water partition coefficient (Wildman–Crippen LogP) is 1.35. The molecular formula is C12H19N3O5. The van der Waals surface area contributed by atoms with Crippen molar-refractivity contribution in [2.45, 2.75) is 38.2 Å². The Bertz CT molecular complexity index is 430. The lowest BCUT2D eigenvalue weighted by Crippen LogP contribution is -2.33. The molecule has 2 atom stereocenters. The van der Waals surface area contributed by atoms with Crippen LogP contribution in [-0.4, -0.2) is 47.2 Å². The van der Waals surface area contributed by atoms with E-state index in [9.17, 15) is 10.1 Å². The molecule has 8 nitrogen and oxygen atoms in total. The van der Waals surface area contributed by atoms with Gasteiger partial charge in [0.05, 0.1) is 6.61 Å². The quantitative estimate of drug-likeness (QED) is 0.555. The zero-order valence-electron chi connectivity index (χ0n) is 11.4. The van der Waals surface area contributed by atoms with Gasteiger partial charge >= 0.3 is 5.95 Å². The van der Waals surface area contributed by atoms with Crippen LogP contribution < -0.4 is 0 Å². The first-order valence-electron chi connectivity index (χ1n) is 6.62. The van der Waals surface area contributed by atoms with E-state index < -0.39 is 4.92 Å². The molecule has 0 N–H and O–H groups in total. The van der Waals surface area contributed by atoms with Crippen LogP contribution in [0.25, 0.3) is 0 Å². The van der Waals surface area contributed by atoms with E-state index >= 15 is 0 Å². The van der Waals surface area contributed by atoms with Crippen molar-refractivity contribution >= 4 is 5.95 Å². The first-order valence-corrected chi connectivity index (χ1v) is 6.62.